The van der Waals surface area contributed by atoms with E-state index in [9.17, 15) is 4.79 Å². The summed E-state index contributed by atoms with van der Waals surface area (Å²) >= 11 is 1.95. The molecule has 0 aromatic carbocycles. The molecule has 0 heterocycles. The van der Waals surface area contributed by atoms with Gasteiger partial charge in [-0.2, -0.15) is 11.8 Å². The van der Waals surface area contributed by atoms with Crippen LogP contribution in [0.25, 0.3) is 0 Å². The Morgan fingerprint density at radius 3 is 2.37 bits per heavy atom. The Morgan fingerprint density at radius 2 is 1.84 bits per heavy atom. The second-order valence-electron chi connectivity index (χ2n) is 6.24. The molecule has 0 spiro atoms. The lowest BCUT2D eigenvalue weighted by molar-refractivity contribution is 0.0472. The second kappa shape index (κ2) is 8.69. The number of ether oxygens (including phenoxy) is 1. The van der Waals surface area contributed by atoms with Gasteiger partial charge in [0.25, 0.3) is 0 Å². The fraction of sp³-hybridized carbons (Fsp3) is 0.929. The van der Waals surface area contributed by atoms with Crippen molar-refractivity contribution >= 4 is 17.9 Å². The molecule has 1 amide bonds. The van der Waals surface area contributed by atoms with Crippen LogP contribution in [0, 0.1) is 0 Å². The zero-order valence-electron chi connectivity index (χ0n) is 13.3. The van der Waals surface area contributed by atoms with E-state index in [-0.39, 0.29) is 11.6 Å². The number of thioether (sulfide) groups is 1. The molecule has 0 saturated carbocycles. The first-order valence-corrected chi connectivity index (χ1v) is 8.11. The van der Waals surface area contributed by atoms with Crippen molar-refractivity contribution in [3.63, 3.8) is 0 Å². The van der Waals surface area contributed by atoms with Crippen molar-refractivity contribution in [3.8, 4) is 0 Å². The maximum atomic E-state index is 11.7. The molecular formula is C14H30N2O2S. The van der Waals surface area contributed by atoms with Crippen LogP contribution in [0.3, 0.4) is 0 Å². The van der Waals surface area contributed by atoms with Gasteiger partial charge in [0, 0.05) is 6.54 Å². The van der Waals surface area contributed by atoms with E-state index in [0.29, 0.717) is 0 Å². The fourth-order valence-corrected chi connectivity index (χ4v) is 2.11. The number of hydrogen-bond acceptors (Lipinski definition) is 4. The van der Waals surface area contributed by atoms with E-state index in [1.54, 1.807) is 0 Å². The third-order valence-corrected chi connectivity index (χ3v) is 3.24. The zero-order chi connectivity index (χ0) is 14.9. The lowest BCUT2D eigenvalue weighted by Crippen LogP contribution is -2.51. The number of carbonyl (C=O) groups excluding carboxylic acids is 1. The van der Waals surface area contributed by atoms with Crippen molar-refractivity contribution < 1.29 is 9.53 Å². The summed E-state index contributed by atoms with van der Waals surface area (Å²) in [6, 6.07) is 0. The Balaban J connectivity index is 3.82. The van der Waals surface area contributed by atoms with Crippen molar-refractivity contribution in [2.24, 2.45) is 0 Å². The molecule has 0 aromatic heterocycles. The monoisotopic (exact) mass is 290 g/mol. The van der Waals surface area contributed by atoms with E-state index in [0.717, 1.165) is 19.5 Å². The third-order valence-electron chi connectivity index (χ3n) is 2.25. The molecule has 0 unspecified atom stereocenters. The average molecular weight is 290 g/mol. The summed E-state index contributed by atoms with van der Waals surface area (Å²) in [5.74, 6) is 2.36. The first-order chi connectivity index (χ1) is 8.66. The normalized spacial score (nSPS) is 12.3. The van der Waals surface area contributed by atoms with Crippen molar-refractivity contribution in [2.45, 2.75) is 59.1 Å². The topological polar surface area (TPSA) is 50.4 Å². The maximum absolute atomic E-state index is 11.7. The van der Waals surface area contributed by atoms with Crippen LogP contribution >= 0.6 is 11.8 Å². The summed E-state index contributed by atoms with van der Waals surface area (Å²) in [7, 11) is 0. The number of alkyl carbamates (subject to hydrolysis) is 1. The molecule has 19 heavy (non-hydrogen) atoms. The molecule has 4 nitrogen and oxygen atoms in total. The predicted octanol–water partition coefficient (Wildman–Crippen LogP) is 3.02. The average Bonchev–Trinajstić information content (AvgIpc) is 2.19. The van der Waals surface area contributed by atoms with Gasteiger partial charge in [0.1, 0.15) is 5.60 Å². The van der Waals surface area contributed by atoms with Crippen LogP contribution in [0.2, 0.25) is 0 Å². The van der Waals surface area contributed by atoms with Crippen molar-refractivity contribution in [1.82, 2.24) is 10.6 Å². The number of rotatable bonds is 8. The van der Waals surface area contributed by atoms with Gasteiger partial charge in [0.2, 0.25) is 0 Å². The van der Waals surface area contributed by atoms with E-state index < -0.39 is 5.60 Å². The first kappa shape index (κ1) is 18.6. The smallest absolute Gasteiger partial charge is 0.408 e. The van der Waals surface area contributed by atoms with Gasteiger partial charge in [-0.1, -0.05) is 6.92 Å². The van der Waals surface area contributed by atoms with Crippen LogP contribution < -0.4 is 10.6 Å². The third kappa shape index (κ3) is 12.4. The molecule has 0 bridgehead atoms. The summed E-state index contributed by atoms with van der Waals surface area (Å²) < 4.78 is 5.25. The van der Waals surface area contributed by atoms with Crippen LogP contribution in [0.1, 0.15) is 48.0 Å². The minimum atomic E-state index is -0.453. The lowest BCUT2D eigenvalue weighted by Gasteiger charge is -2.29. The Hall–Kier alpha value is -0.420. The molecule has 0 aromatic rings. The van der Waals surface area contributed by atoms with Crippen molar-refractivity contribution in [2.75, 3.05) is 24.6 Å². The number of amides is 1. The maximum Gasteiger partial charge on any atom is 0.408 e. The van der Waals surface area contributed by atoms with Gasteiger partial charge in [-0.25, -0.2) is 4.79 Å². The Labute approximate surface area is 122 Å². The second-order valence-corrected chi connectivity index (χ2v) is 7.63. The summed E-state index contributed by atoms with van der Waals surface area (Å²) in [4.78, 5) is 11.7. The van der Waals surface area contributed by atoms with E-state index in [1.165, 1.54) is 11.5 Å². The number of hydrogen-bond donors (Lipinski definition) is 2. The van der Waals surface area contributed by atoms with Crippen LogP contribution in [0.15, 0.2) is 0 Å². The molecule has 5 heteroatoms. The molecule has 0 fully saturated rings. The molecule has 0 atom stereocenters. The highest BCUT2D eigenvalue weighted by Gasteiger charge is 2.23. The Kier molecular flexibility index (Phi) is 8.50. The summed E-state index contributed by atoms with van der Waals surface area (Å²) in [5, 5.41) is 6.26. The molecule has 114 valence electrons. The van der Waals surface area contributed by atoms with E-state index in [2.05, 4.69) is 17.6 Å². The SMILES string of the molecule is CCSCCCNCC(C)(C)NC(=O)OC(C)(C)C. The van der Waals surface area contributed by atoms with Crippen molar-refractivity contribution in [3.05, 3.63) is 0 Å². The van der Waals surface area contributed by atoms with Gasteiger partial charge >= 0.3 is 6.09 Å². The lowest BCUT2D eigenvalue weighted by atomic mass is 10.1. The molecule has 2 N–H and O–H groups in total. The standard InChI is InChI=1S/C14H30N2O2S/c1-7-19-10-8-9-15-11-14(5,6)16-12(17)18-13(2,3)4/h15H,7-11H2,1-6H3,(H,16,17). The van der Waals surface area contributed by atoms with E-state index >= 15 is 0 Å². The van der Waals surface area contributed by atoms with Gasteiger partial charge < -0.3 is 15.4 Å². The van der Waals surface area contributed by atoms with Crippen LogP contribution in [-0.4, -0.2) is 41.8 Å². The van der Waals surface area contributed by atoms with E-state index in [1.807, 2.05) is 46.4 Å². The Morgan fingerprint density at radius 1 is 1.21 bits per heavy atom. The summed E-state index contributed by atoms with van der Waals surface area (Å²) in [6.07, 6.45) is 0.793. The molecule has 0 aliphatic rings. The molecule has 0 aliphatic heterocycles. The zero-order valence-corrected chi connectivity index (χ0v) is 14.1. The molecule has 0 rings (SSSR count). The van der Waals surface area contributed by atoms with Crippen LogP contribution in [0.4, 0.5) is 4.79 Å². The van der Waals surface area contributed by atoms with Crippen LogP contribution in [0.5, 0.6) is 0 Å². The quantitative estimate of drug-likeness (QED) is 0.675. The van der Waals surface area contributed by atoms with Gasteiger partial charge in [0.15, 0.2) is 0 Å². The molecular weight excluding hydrogens is 260 g/mol. The van der Waals surface area contributed by atoms with Gasteiger partial charge in [0.05, 0.1) is 5.54 Å². The molecule has 0 saturated heterocycles. The molecule has 0 radical (unpaired) electrons. The highest BCUT2D eigenvalue weighted by Crippen LogP contribution is 2.09. The van der Waals surface area contributed by atoms with Crippen molar-refractivity contribution in [1.29, 1.82) is 0 Å². The van der Waals surface area contributed by atoms with E-state index in [4.69, 9.17) is 4.74 Å². The Bertz CT molecular complexity index is 263. The highest BCUT2D eigenvalue weighted by atomic mass is 32.2. The predicted molar refractivity (Wildman–Crippen MR) is 83.9 cm³/mol. The summed E-state index contributed by atoms with van der Waals surface area (Å²) in [6.45, 7) is 13.5. The summed E-state index contributed by atoms with van der Waals surface area (Å²) in [5.41, 5.74) is -0.759. The molecule has 0 aliphatic carbocycles. The fourth-order valence-electron chi connectivity index (χ4n) is 1.47. The number of carbonyl (C=O) groups is 1. The minimum absolute atomic E-state index is 0.305. The van der Waals surface area contributed by atoms with Gasteiger partial charge in [-0.05, 0) is 59.1 Å². The minimum Gasteiger partial charge on any atom is -0.444 e. The number of nitrogens with one attached hydrogen (secondary N) is 2. The van der Waals surface area contributed by atoms with Gasteiger partial charge in [-0.3, -0.25) is 0 Å². The first-order valence-electron chi connectivity index (χ1n) is 6.96. The highest BCUT2D eigenvalue weighted by molar-refractivity contribution is 7.99. The van der Waals surface area contributed by atoms with Gasteiger partial charge in [-0.15, -0.1) is 0 Å². The largest absolute Gasteiger partial charge is 0.444 e. The van der Waals surface area contributed by atoms with Crippen LogP contribution in [-0.2, 0) is 4.74 Å².